The van der Waals surface area contributed by atoms with Gasteiger partial charge in [0.15, 0.2) is 5.82 Å². The van der Waals surface area contributed by atoms with Crippen LogP contribution in [0.3, 0.4) is 0 Å². The maximum Gasteiger partial charge on any atom is 0.243 e. The lowest BCUT2D eigenvalue weighted by atomic mass is 9.94. The molecule has 1 amide bonds. The monoisotopic (exact) mass is 628 g/mol. The summed E-state index contributed by atoms with van der Waals surface area (Å²) in [6, 6.07) is 15.7. The standard InChI is InChI=1S/C31H29ClN8O3S/c32-27-19-35-31-37-25-12-22(17-34-18-25)4-5-23-15-24(36-30(27)39-31)6-7-28(23)38-29(41)14-20-8-10-40(11-9-20)44(42,43)26-3-1-2-21(13-26)16-33/h1-3,6-7,12-13,15,17-20H,4-5,8-11,14H2,(H,38,41)(H2,35,36,37,39). The van der Waals surface area contributed by atoms with E-state index in [-0.39, 0.29) is 23.1 Å². The topological polar surface area (TPSA) is 153 Å². The second-order valence-electron chi connectivity index (χ2n) is 10.8. The third kappa shape index (κ3) is 6.65. The van der Waals surface area contributed by atoms with Gasteiger partial charge in [-0.1, -0.05) is 17.7 Å². The summed E-state index contributed by atoms with van der Waals surface area (Å²) >= 11 is 6.37. The zero-order valence-corrected chi connectivity index (χ0v) is 25.2. The number of amides is 1. The second-order valence-corrected chi connectivity index (χ2v) is 13.2. The Morgan fingerprint density at radius 1 is 1.05 bits per heavy atom. The summed E-state index contributed by atoms with van der Waals surface area (Å²) in [4.78, 5) is 26.4. The molecule has 13 heteroatoms. The highest BCUT2D eigenvalue weighted by Crippen LogP contribution is 2.31. The molecular formula is C31H29ClN8O3S. The van der Waals surface area contributed by atoms with Crippen LogP contribution in [0.5, 0.6) is 0 Å². The SMILES string of the molecule is N#Cc1cccc(S(=O)(=O)N2CCC(CC(=O)Nc3ccc4cc3CCc3cncc(c3)Nc3ncc(Cl)c(n3)N4)CC2)c1. The van der Waals surface area contributed by atoms with Crippen molar-refractivity contribution in [2.45, 2.75) is 37.0 Å². The summed E-state index contributed by atoms with van der Waals surface area (Å²) in [6.07, 6.45) is 7.80. The Hall–Kier alpha value is -4.57. The number of carbonyl (C=O) groups is 1. The first kappa shape index (κ1) is 29.5. The largest absolute Gasteiger partial charge is 0.339 e. The van der Waals surface area contributed by atoms with E-state index in [2.05, 4.69) is 30.9 Å². The van der Waals surface area contributed by atoms with Crippen molar-refractivity contribution in [2.24, 2.45) is 5.92 Å². The van der Waals surface area contributed by atoms with Crippen LogP contribution in [0.4, 0.5) is 28.8 Å². The van der Waals surface area contributed by atoms with Crippen LogP contribution in [-0.2, 0) is 27.7 Å². The molecule has 2 aromatic carbocycles. The average molecular weight is 629 g/mol. The van der Waals surface area contributed by atoms with Crippen LogP contribution >= 0.6 is 11.6 Å². The molecule has 0 saturated carbocycles. The van der Waals surface area contributed by atoms with Gasteiger partial charge in [-0.15, -0.1) is 0 Å². The lowest BCUT2D eigenvalue weighted by Gasteiger charge is -2.31. The second kappa shape index (κ2) is 12.6. The average Bonchev–Trinajstić information content (AvgIpc) is 3.03. The number of aromatic nitrogens is 3. The molecule has 3 N–H and O–H groups in total. The van der Waals surface area contributed by atoms with Gasteiger partial charge in [0.25, 0.3) is 0 Å². The predicted molar refractivity (Wildman–Crippen MR) is 168 cm³/mol. The van der Waals surface area contributed by atoms with Crippen molar-refractivity contribution in [3.8, 4) is 6.07 Å². The van der Waals surface area contributed by atoms with Crippen LogP contribution in [0.25, 0.3) is 0 Å². The third-order valence-electron chi connectivity index (χ3n) is 7.77. The van der Waals surface area contributed by atoms with Gasteiger partial charge in [0.1, 0.15) is 5.02 Å². The number of hydrogen-bond acceptors (Lipinski definition) is 9. The van der Waals surface area contributed by atoms with Gasteiger partial charge in [-0.25, -0.2) is 13.4 Å². The molecule has 0 radical (unpaired) electrons. The molecule has 1 saturated heterocycles. The maximum atomic E-state index is 13.2. The van der Waals surface area contributed by atoms with E-state index in [9.17, 15) is 13.2 Å². The Morgan fingerprint density at radius 2 is 1.89 bits per heavy atom. The highest BCUT2D eigenvalue weighted by atomic mass is 35.5. The number of sulfonamides is 1. The normalized spacial score (nSPS) is 15.4. The Morgan fingerprint density at radius 3 is 2.70 bits per heavy atom. The quantitative estimate of drug-likeness (QED) is 0.263. The van der Waals surface area contributed by atoms with E-state index >= 15 is 0 Å². The molecule has 2 aromatic heterocycles. The molecule has 0 aliphatic carbocycles. The zero-order valence-electron chi connectivity index (χ0n) is 23.6. The van der Waals surface area contributed by atoms with Crippen molar-refractivity contribution in [1.29, 1.82) is 5.26 Å². The predicted octanol–water partition coefficient (Wildman–Crippen LogP) is 5.41. The number of hydrogen-bond donors (Lipinski definition) is 3. The number of nitrogens with one attached hydrogen (secondary N) is 3. The molecule has 1 fully saturated rings. The van der Waals surface area contributed by atoms with Crippen LogP contribution in [0.15, 0.2) is 72.0 Å². The van der Waals surface area contributed by atoms with E-state index in [4.69, 9.17) is 16.9 Å². The molecule has 0 unspecified atom stereocenters. The number of carbonyl (C=O) groups excluding carboxylic acids is 1. The Balaban J connectivity index is 1.14. The van der Waals surface area contributed by atoms with Gasteiger partial charge in [0.05, 0.1) is 34.6 Å². The third-order valence-corrected chi connectivity index (χ3v) is 9.94. The summed E-state index contributed by atoms with van der Waals surface area (Å²) in [5.41, 5.74) is 4.48. The molecular weight excluding hydrogens is 600 g/mol. The minimum absolute atomic E-state index is 0.0494. The first-order chi connectivity index (χ1) is 21.3. The number of aryl methyl sites for hydroxylation is 2. The van der Waals surface area contributed by atoms with Crippen molar-refractivity contribution < 1.29 is 13.2 Å². The van der Waals surface area contributed by atoms with Crippen molar-refractivity contribution in [3.05, 3.63) is 88.8 Å². The van der Waals surface area contributed by atoms with Crippen LogP contribution in [0.2, 0.25) is 5.02 Å². The maximum absolute atomic E-state index is 13.2. The Bertz CT molecular complexity index is 1870. The number of nitrogens with zero attached hydrogens (tertiary/aromatic N) is 5. The lowest BCUT2D eigenvalue weighted by Crippen LogP contribution is -2.39. The van der Waals surface area contributed by atoms with Gasteiger partial charge >= 0.3 is 0 Å². The van der Waals surface area contributed by atoms with Gasteiger partial charge in [-0.05, 0) is 85.2 Å². The summed E-state index contributed by atoms with van der Waals surface area (Å²) < 4.78 is 27.7. The number of piperidine rings is 1. The molecule has 2 aliphatic rings. The summed E-state index contributed by atoms with van der Waals surface area (Å²) in [6.45, 7) is 0.635. The van der Waals surface area contributed by atoms with Crippen LogP contribution in [0, 0.1) is 17.2 Å². The Kier molecular flexibility index (Phi) is 8.43. The van der Waals surface area contributed by atoms with E-state index in [0.717, 1.165) is 22.5 Å². The molecule has 224 valence electrons. The van der Waals surface area contributed by atoms with Gasteiger partial charge in [-0.3, -0.25) is 9.78 Å². The van der Waals surface area contributed by atoms with E-state index in [0.29, 0.717) is 66.8 Å². The first-order valence-electron chi connectivity index (χ1n) is 14.2. The van der Waals surface area contributed by atoms with Gasteiger partial charge < -0.3 is 16.0 Å². The number of nitriles is 1. The molecule has 6 rings (SSSR count). The molecule has 0 atom stereocenters. The molecule has 4 aromatic rings. The van der Waals surface area contributed by atoms with E-state index in [1.807, 2.05) is 36.5 Å². The number of fused-ring (bicyclic) bond motifs is 6. The van der Waals surface area contributed by atoms with E-state index in [1.165, 1.54) is 22.6 Å². The highest BCUT2D eigenvalue weighted by molar-refractivity contribution is 7.89. The molecule has 6 bridgehead atoms. The highest BCUT2D eigenvalue weighted by Gasteiger charge is 2.30. The van der Waals surface area contributed by atoms with Crippen molar-refractivity contribution in [2.75, 3.05) is 29.0 Å². The smallest absolute Gasteiger partial charge is 0.243 e. The number of pyridine rings is 1. The molecule has 4 heterocycles. The first-order valence-corrected chi connectivity index (χ1v) is 16.0. The van der Waals surface area contributed by atoms with Crippen LogP contribution in [-0.4, -0.2) is 46.7 Å². The number of halogens is 1. The fourth-order valence-corrected chi connectivity index (χ4v) is 7.10. The van der Waals surface area contributed by atoms with Crippen LogP contribution < -0.4 is 16.0 Å². The fourth-order valence-electron chi connectivity index (χ4n) is 5.45. The molecule has 44 heavy (non-hydrogen) atoms. The zero-order chi connectivity index (χ0) is 30.7. The molecule has 2 aliphatic heterocycles. The molecule has 0 spiro atoms. The number of rotatable bonds is 5. The molecule has 11 nitrogen and oxygen atoms in total. The summed E-state index contributed by atoms with van der Waals surface area (Å²) in [5, 5.41) is 19.0. The van der Waals surface area contributed by atoms with E-state index < -0.39 is 10.0 Å². The lowest BCUT2D eigenvalue weighted by molar-refractivity contribution is -0.117. The van der Waals surface area contributed by atoms with Gasteiger partial charge in [0, 0.05) is 37.1 Å². The fraction of sp³-hybridized carbons (Fsp3) is 0.258. The van der Waals surface area contributed by atoms with Crippen molar-refractivity contribution >= 4 is 56.4 Å². The van der Waals surface area contributed by atoms with Crippen LogP contribution in [0.1, 0.15) is 36.0 Å². The van der Waals surface area contributed by atoms with E-state index in [1.54, 1.807) is 18.3 Å². The van der Waals surface area contributed by atoms with Gasteiger partial charge in [-0.2, -0.15) is 14.6 Å². The van der Waals surface area contributed by atoms with Crippen molar-refractivity contribution in [1.82, 2.24) is 19.3 Å². The summed E-state index contributed by atoms with van der Waals surface area (Å²) in [7, 11) is -3.71. The van der Waals surface area contributed by atoms with Crippen molar-refractivity contribution in [3.63, 3.8) is 0 Å². The number of benzene rings is 2. The number of anilines is 5. The van der Waals surface area contributed by atoms with Gasteiger partial charge in [0.2, 0.25) is 21.9 Å². The minimum atomic E-state index is -3.71. The summed E-state index contributed by atoms with van der Waals surface area (Å²) in [5.74, 6) is 0.759. The minimum Gasteiger partial charge on any atom is -0.339 e. The Labute approximate surface area is 260 Å².